The molecule has 79 heavy (non-hydrogen) atoms. The molecule has 2 aliphatic heterocycles. The number of benzene rings is 9. The molecule has 0 bridgehead atoms. The second-order valence-corrected chi connectivity index (χ2v) is 23.9. The van der Waals surface area contributed by atoms with Gasteiger partial charge in [0.25, 0.3) is 0 Å². The van der Waals surface area contributed by atoms with Gasteiger partial charge in [-0.1, -0.05) is 196 Å². The van der Waals surface area contributed by atoms with Crippen LogP contribution in [-0.2, 0) is 44.0 Å². The molecule has 3 heterocycles. The second kappa shape index (κ2) is 20.4. The Hall–Kier alpha value is -7.93. The molecule has 5 nitrogen and oxygen atoms in total. The van der Waals surface area contributed by atoms with E-state index in [9.17, 15) is 0 Å². The van der Waals surface area contributed by atoms with Crippen molar-refractivity contribution in [2.24, 2.45) is 0 Å². The Morgan fingerprint density at radius 2 is 0.899 bits per heavy atom. The topological polar surface area (TPSA) is 37.8 Å². The Bertz CT molecular complexity index is 3620. The Labute approximate surface area is 483 Å². The first-order valence-corrected chi connectivity index (χ1v) is 27.1. The average molecular weight is 1210 g/mol. The fourth-order valence-electron chi connectivity index (χ4n) is 11.4. The Balaban J connectivity index is 0.00000660. The van der Waals surface area contributed by atoms with Gasteiger partial charge >= 0.3 is 22.4 Å². The number of para-hydroxylation sites is 4. The smallest absolute Gasteiger partial charge is 0.503 e. The molecule has 0 aliphatic carbocycles. The number of pyridine rings is 1. The van der Waals surface area contributed by atoms with Crippen molar-refractivity contribution >= 4 is 34.1 Å². The summed E-state index contributed by atoms with van der Waals surface area (Å²) in [6.07, 6.45) is 0. The predicted octanol–water partition coefficient (Wildman–Crippen LogP) is 19.9. The first-order valence-electron chi connectivity index (χ1n) is 27.1. The number of nitrogens with zero attached hydrogens (tertiary/aromatic N) is 3. The van der Waals surface area contributed by atoms with Crippen LogP contribution in [0.4, 0.5) is 34.1 Å². The number of hydrogen-bond acceptors (Lipinski definition) is 5. The molecule has 0 unspecified atom stereocenters. The van der Waals surface area contributed by atoms with Gasteiger partial charge in [0.2, 0.25) is 0 Å². The molecule has 0 amide bonds. The Morgan fingerprint density at radius 1 is 0.405 bits per heavy atom. The van der Waals surface area contributed by atoms with Crippen LogP contribution >= 0.6 is 0 Å². The summed E-state index contributed by atoms with van der Waals surface area (Å²) in [4.78, 5) is 10.1. The maximum Gasteiger partial charge on any atom is 3.00 e. The van der Waals surface area contributed by atoms with E-state index < -0.39 is 0 Å². The second-order valence-electron chi connectivity index (χ2n) is 23.9. The van der Waals surface area contributed by atoms with E-state index in [2.05, 4.69) is 261 Å². The summed E-state index contributed by atoms with van der Waals surface area (Å²) < 4.78 is 14.0. The Kier molecular flexibility index (Phi) is 13.7. The molecule has 0 saturated carbocycles. The first-order chi connectivity index (χ1) is 37.4. The van der Waals surface area contributed by atoms with Gasteiger partial charge in [-0.3, -0.25) is 0 Å². The minimum absolute atomic E-state index is 0. The molecule has 9 aromatic carbocycles. The van der Waals surface area contributed by atoms with E-state index in [4.69, 9.17) is 14.5 Å². The molecule has 6 heteroatoms. The van der Waals surface area contributed by atoms with Crippen LogP contribution < -0.4 is 19.3 Å². The quantitative estimate of drug-likeness (QED) is 0.106. The summed E-state index contributed by atoms with van der Waals surface area (Å²) in [5, 5.41) is 0. The van der Waals surface area contributed by atoms with Gasteiger partial charge in [0.05, 0.1) is 17.1 Å². The molecule has 0 radical (unpaired) electrons. The SMILES string of the molecule is CC(C)(C)c1cc(-c2cc(-c3[c-]cccc3)nc(-c3[c-]c(Oc4[c-]ccc(N5c6ccccc6C(C)(C)c6ccccc65)c4)cc(Oc4cccc(N5c6ccccc6C(C)(C)c6ccccc65)c4)c3)c2)cc(C(C)(C)C)c1.[Au+3]. The van der Waals surface area contributed by atoms with E-state index in [0.717, 1.165) is 56.5 Å². The molecule has 10 aromatic rings. The fourth-order valence-corrected chi connectivity index (χ4v) is 11.4. The summed E-state index contributed by atoms with van der Waals surface area (Å²) in [6.45, 7) is 22.9. The minimum atomic E-state index is -0.192. The molecule has 0 saturated heterocycles. The summed E-state index contributed by atoms with van der Waals surface area (Å²) in [5.74, 6) is 2.23. The largest absolute Gasteiger partial charge is 3.00 e. The molecule has 394 valence electrons. The first kappa shape index (κ1) is 53.1. The third-order valence-corrected chi connectivity index (χ3v) is 15.7. The van der Waals surface area contributed by atoms with E-state index >= 15 is 0 Å². The van der Waals surface area contributed by atoms with Crippen LogP contribution in [0, 0.1) is 18.2 Å². The number of rotatable bonds is 9. The fraction of sp³-hybridized carbons (Fsp3) is 0.192. The molecular formula is C73H64AuN3O2. The maximum absolute atomic E-state index is 7.04. The van der Waals surface area contributed by atoms with Gasteiger partial charge in [-0.25, -0.2) is 0 Å². The van der Waals surface area contributed by atoms with E-state index in [0.29, 0.717) is 34.3 Å². The van der Waals surface area contributed by atoms with Gasteiger partial charge in [0, 0.05) is 45.5 Å². The zero-order valence-corrected chi connectivity index (χ0v) is 48.8. The molecule has 12 rings (SSSR count). The molecular weight excluding hydrogens is 1150 g/mol. The van der Waals surface area contributed by atoms with Gasteiger partial charge in [-0.05, 0) is 103 Å². The zero-order valence-electron chi connectivity index (χ0n) is 46.6. The van der Waals surface area contributed by atoms with Crippen LogP contribution in [0.3, 0.4) is 0 Å². The molecule has 2 aliphatic rings. The van der Waals surface area contributed by atoms with E-state index in [1.54, 1.807) is 0 Å². The summed E-state index contributed by atoms with van der Waals surface area (Å²) in [7, 11) is 0. The van der Waals surface area contributed by atoms with E-state index in [-0.39, 0.29) is 44.0 Å². The molecule has 0 fully saturated rings. The van der Waals surface area contributed by atoms with Crippen molar-refractivity contribution in [3.8, 4) is 56.6 Å². The van der Waals surface area contributed by atoms with Gasteiger partial charge in [0.15, 0.2) is 0 Å². The van der Waals surface area contributed by atoms with E-state index in [1.165, 1.54) is 33.4 Å². The Morgan fingerprint density at radius 3 is 1.42 bits per heavy atom. The van der Waals surface area contributed by atoms with Gasteiger partial charge in [-0.2, -0.15) is 6.07 Å². The van der Waals surface area contributed by atoms with Gasteiger partial charge < -0.3 is 24.3 Å². The summed E-state index contributed by atoms with van der Waals surface area (Å²) in [6, 6.07) is 83.1. The molecule has 0 spiro atoms. The van der Waals surface area contributed by atoms with Crippen molar-refractivity contribution in [1.29, 1.82) is 0 Å². The van der Waals surface area contributed by atoms with Gasteiger partial charge in [0.1, 0.15) is 5.75 Å². The van der Waals surface area contributed by atoms with Crippen LogP contribution in [0.1, 0.15) is 103 Å². The summed E-state index contributed by atoms with van der Waals surface area (Å²) in [5.41, 5.74) is 18.8. The molecule has 1 aromatic heterocycles. The van der Waals surface area contributed by atoms with Crippen LogP contribution in [0.25, 0.3) is 33.6 Å². The zero-order chi connectivity index (χ0) is 54.1. The summed E-state index contributed by atoms with van der Waals surface area (Å²) >= 11 is 0. The van der Waals surface area contributed by atoms with Crippen molar-refractivity contribution in [2.45, 2.75) is 90.9 Å². The van der Waals surface area contributed by atoms with Crippen molar-refractivity contribution < 1.29 is 31.9 Å². The monoisotopic (exact) mass is 1210 g/mol. The number of aromatic nitrogens is 1. The van der Waals surface area contributed by atoms with Crippen molar-refractivity contribution in [3.05, 3.63) is 258 Å². The standard InChI is InChI=1S/C73H64N3O2.Au/c1-70(2,3)52-38-49(39-53(44-52)71(4,5)6)50-42-64(48-24-12-11-13-25-48)74-65(43-50)51-40-58(77-56-28-22-26-54(45-56)75-66-34-18-14-30-60(66)72(7,8)61-31-15-19-35-67(61)75)47-59(41-51)78-57-29-23-27-55(46-57)76-68-36-20-16-32-62(68)73(9,10)63-33-17-21-37-69(63)76;/h11-24,26-28,30-40,42-47H,1-10H3;/q-3;+3. The van der Waals surface area contributed by atoms with Crippen LogP contribution in [-0.4, -0.2) is 4.98 Å². The molecule has 0 N–H and O–H groups in total. The van der Waals surface area contributed by atoms with Crippen molar-refractivity contribution in [1.82, 2.24) is 4.98 Å². The van der Waals surface area contributed by atoms with Crippen molar-refractivity contribution in [3.63, 3.8) is 0 Å². The van der Waals surface area contributed by atoms with Crippen LogP contribution in [0.5, 0.6) is 23.0 Å². The van der Waals surface area contributed by atoms with Crippen LogP contribution in [0.2, 0.25) is 0 Å². The molecule has 0 atom stereocenters. The predicted molar refractivity (Wildman–Crippen MR) is 321 cm³/mol. The third-order valence-electron chi connectivity index (χ3n) is 15.7. The third kappa shape index (κ3) is 10.0. The number of anilines is 6. The normalized spacial score (nSPS) is 14.0. The number of hydrogen-bond donors (Lipinski definition) is 0. The minimum Gasteiger partial charge on any atom is -0.503 e. The number of fused-ring (bicyclic) bond motifs is 4. The maximum atomic E-state index is 7.04. The van der Waals surface area contributed by atoms with Crippen molar-refractivity contribution in [2.75, 3.05) is 9.80 Å². The van der Waals surface area contributed by atoms with Crippen LogP contribution in [0.15, 0.2) is 206 Å². The van der Waals surface area contributed by atoms with Gasteiger partial charge in [-0.15, -0.1) is 65.7 Å². The number of ether oxygens (including phenoxy) is 2. The average Bonchev–Trinajstić information content (AvgIpc) is 3.61. The van der Waals surface area contributed by atoms with E-state index in [1.807, 2.05) is 42.5 Å².